The van der Waals surface area contributed by atoms with Crippen molar-refractivity contribution in [3.63, 3.8) is 0 Å². The topological polar surface area (TPSA) is 59.3 Å². The summed E-state index contributed by atoms with van der Waals surface area (Å²) in [6, 6.07) is 17.1. The fourth-order valence-electron chi connectivity index (χ4n) is 2.61. The Morgan fingerprint density at radius 3 is 2.64 bits per heavy atom. The number of rotatable bonds is 4. The van der Waals surface area contributed by atoms with Crippen LogP contribution in [0, 0.1) is 0 Å². The van der Waals surface area contributed by atoms with Crippen LogP contribution in [0.4, 0.5) is 5.00 Å². The van der Waals surface area contributed by atoms with E-state index in [9.17, 15) is 9.59 Å². The van der Waals surface area contributed by atoms with Crippen LogP contribution >= 0.6 is 23.1 Å². The van der Waals surface area contributed by atoms with E-state index < -0.39 is 5.63 Å². The maximum absolute atomic E-state index is 12.3. The van der Waals surface area contributed by atoms with Crippen LogP contribution in [0.1, 0.15) is 0 Å². The van der Waals surface area contributed by atoms with Crippen molar-refractivity contribution in [2.24, 2.45) is 0 Å². The van der Waals surface area contributed by atoms with Crippen LogP contribution in [-0.4, -0.2) is 11.7 Å². The number of para-hydroxylation sites is 1. The van der Waals surface area contributed by atoms with Gasteiger partial charge in [-0.15, -0.1) is 23.1 Å². The zero-order valence-electron chi connectivity index (χ0n) is 13.0. The maximum atomic E-state index is 12.3. The van der Waals surface area contributed by atoms with Crippen molar-refractivity contribution in [2.45, 2.75) is 4.90 Å². The van der Waals surface area contributed by atoms with Gasteiger partial charge in [-0.2, -0.15) is 0 Å². The van der Waals surface area contributed by atoms with E-state index in [0.29, 0.717) is 16.0 Å². The van der Waals surface area contributed by atoms with Gasteiger partial charge in [-0.05, 0) is 18.2 Å². The Balaban J connectivity index is 1.60. The fraction of sp³-hybridized carbons (Fsp3) is 0.0526. The number of hydrogen-bond acceptors (Lipinski definition) is 5. The van der Waals surface area contributed by atoms with Crippen LogP contribution in [0.2, 0.25) is 0 Å². The minimum absolute atomic E-state index is 0.148. The maximum Gasteiger partial charge on any atom is 0.347 e. The van der Waals surface area contributed by atoms with E-state index in [4.69, 9.17) is 4.42 Å². The van der Waals surface area contributed by atoms with Crippen molar-refractivity contribution < 1.29 is 9.21 Å². The van der Waals surface area contributed by atoms with Crippen LogP contribution < -0.4 is 10.9 Å². The van der Waals surface area contributed by atoms with Crippen molar-refractivity contribution in [3.8, 4) is 0 Å². The second-order valence-corrected chi connectivity index (χ2v) is 7.32. The van der Waals surface area contributed by atoms with Gasteiger partial charge in [-0.1, -0.05) is 36.4 Å². The number of nitrogens with one attached hydrogen (secondary N) is 1. The monoisotopic (exact) mass is 367 g/mol. The minimum Gasteiger partial charge on any atom is -0.422 e. The molecule has 0 atom stereocenters. The Labute approximate surface area is 151 Å². The number of hydrogen-bond donors (Lipinski definition) is 1. The smallest absolute Gasteiger partial charge is 0.347 e. The third kappa shape index (κ3) is 3.18. The molecule has 2 aromatic carbocycles. The van der Waals surface area contributed by atoms with E-state index >= 15 is 0 Å². The third-order valence-corrected chi connectivity index (χ3v) is 5.65. The number of carbonyl (C=O) groups is 1. The molecule has 0 saturated heterocycles. The van der Waals surface area contributed by atoms with Crippen molar-refractivity contribution in [3.05, 3.63) is 70.4 Å². The zero-order chi connectivity index (χ0) is 17.2. The normalized spacial score (nSPS) is 11.0. The standard InChI is InChI=1S/C19H13NO3S2/c21-16(11-24-12-6-2-1-3-7-12)20-18-17-14(10-25-18)13-8-4-5-9-15(13)23-19(17)22/h1-10H,11H2,(H,20,21). The number of carbonyl (C=O) groups excluding carboxylic acids is 1. The molecule has 124 valence electrons. The van der Waals surface area contributed by atoms with Gasteiger partial charge in [0.2, 0.25) is 5.91 Å². The first-order valence-electron chi connectivity index (χ1n) is 7.63. The summed E-state index contributed by atoms with van der Waals surface area (Å²) in [7, 11) is 0. The van der Waals surface area contributed by atoms with Gasteiger partial charge in [-0.3, -0.25) is 4.79 Å². The Hall–Kier alpha value is -2.57. The van der Waals surface area contributed by atoms with E-state index in [1.807, 2.05) is 53.9 Å². The molecular weight excluding hydrogens is 354 g/mol. The average Bonchev–Trinajstić information content (AvgIpc) is 3.05. The molecule has 4 aromatic rings. The fourth-order valence-corrected chi connectivity index (χ4v) is 4.29. The first kappa shape index (κ1) is 15.9. The number of thioether (sulfide) groups is 1. The van der Waals surface area contributed by atoms with Crippen LogP contribution in [0.3, 0.4) is 0 Å². The lowest BCUT2D eigenvalue weighted by molar-refractivity contribution is -0.113. The van der Waals surface area contributed by atoms with E-state index in [0.717, 1.165) is 15.7 Å². The molecule has 6 heteroatoms. The molecule has 0 unspecified atom stereocenters. The van der Waals surface area contributed by atoms with Crippen molar-refractivity contribution in [1.29, 1.82) is 0 Å². The molecule has 4 rings (SSSR count). The summed E-state index contributed by atoms with van der Waals surface area (Å²) in [4.78, 5) is 25.6. The van der Waals surface area contributed by atoms with Gasteiger partial charge < -0.3 is 9.73 Å². The highest BCUT2D eigenvalue weighted by Gasteiger charge is 2.15. The Morgan fingerprint density at radius 1 is 1.04 bits per heavy atom. The second-order valence-electron chi connectivity index (χ2n) is 5.39. The summed E-state index contributed by atoms with van der Waals surface area (Å²) in [6.07, 6.45) is 0. The van der Waals surface area contributed by atoms with Gasteiger partial charge in [0.05, 0.1) is 5.75 Å². The van der Waals surface area contributed by atoms with Gasteiger partial charge >= 0.3 is 5.63 Å². The van der Waals surface area contributed by atoms with Crippen LogP contribution in [0.5, 0.6) is 0 Å². The second kappa shape index (κ2) is 6.74. The molecule has 0 aliphatic carbocycles. The van der Waals surface area contributed by atoms with Crippen LogP contribution in [0.15, 0.2) is 74.1 Å². The highest BCUT2D eigenvalue weighted by atomic mass is 32.2. The van der Waals surface area contributed by atoms with E-state index in [1.54, 1.807) is 6.07 Å². The Bertz CT molecular complexity index is 1120. The number of fused-ring (bicyclic) bond motifs is 3. The van der Waals surface area contributed by atoms with Gasteiger partial charge in [-0.25, -0.2) is 4.79 Å². The van der Waals surface area contributed by atoms with Gasteiger partial charge in [0, 0.05) is 21.0 Å². The predicted octanol–water partition coefficient (Wildman–Crippen LogP) is 4.74. The van der Waals surface area contributed by atoms with E-state index in [1.165, 1.54) is 23.1 Å². The molecule has 1 N–H and O–H groups in total. The lowest BCUT2D eigenvalue weighted by atomic mass is 10.1. The average molecular weight is 367 g/mol. The summed E-state index contributed by atoms with van der Waals surface area (Å²) in [6.45, 7) is 0. The number of thiophene rings is 1. The summed E-state index contributed by atoms with van der Waals surface area (Å²) in [5.41, 5.74) is 0.122. The molecule has 25 heavy (non-hydrogen) atoms. The first-order valence-corrected chi connectivity index (χ1v) is 9.49. The van der Waals surface area contributed by atoms with Crippen molar-refractivity contribution >= 4 is 55.7 Å². The molecule has 0 spiro atoms. The highest BCUT2D eigenvalue weighted by Crippen LogP contribution is 2.33. The van der Waals surface area contributed by atoms with E-state index in [-0.39, 0.29) is 11.7 Å². The molecule has 0 aliphatic rings. The van der Waals surface area contributed by atoms with Crippen LogP contribution in [0.25, 0.3) is 21.7 Å². The lowest BCUT2D eigenvalue weighted by Crippen LogP contribution is -2.14. The molecule has 1 amide bonds. The molecule has 0 radical (unpaired) electrons. The van der Waals surface area contributed by atoms with Crippen LogP contribution in [-0.2, 0) is 4.79 Å². The van der Waals surface area contributed by atoms with Gasteiger partial charge in [0.1, 0.15) is 16.0 Å². The highest BCUT2D eigenvalue weighted by molar-refractivity contribution is 8.00. The summed E-state index contributed by atoms with van der Waals surface area (Å²) in [5, 5.41) is 7.37. The predicted molar refractivity (Wildman–Crippen MR) is 104 cm³/mol. The van der Waals surface area contributed by atoms with Crippen molar-refractivity contribution in [1.82, 2.24) is 0 Å². The Morgan fingerprint density at radius 2 is 1.80 bits per heavy atom. The van der Waals surface area contributed by atoms with Crippen molar-refractivity contribution in [2.75, 3.05) is 11.1 Å². The molecule has 2 aromatic heterocycles. The lowest BCUT2D eigenvalue weighted by Gasteiger charge is -2.04. The molecule has 0 saturated carbocycles. The third-order valence-electron chi connectivity index (χ3n) is 3.74. The Kier molecular flexibility index (Phi) is 4.29. The summed E-state index contributed by atoms with van der Waals surface area (Å²) in [5.74, 6) is 0.132. The SMILES string of the molecule is O=C(CSc1ccccc1)Nc1scc2c1c(=O)oc1ccccc12. The number of amides is 1. The quantitative estimate of drug-likeness (QED) is 0.418. The number of benzene rings is 2. The molecule has 0 bridgehead atoms. The summed E-state index contributed by atoms with van der Waals surface area (Å²) >= 11 is 2.79. The minimum atomic E-state index is -0.430. The van der Waals surface area contributed by atoms with Gasteiger partial charge in [0.25, 0.3) is 0 Å². The van der Waals surface area contributed by atoms with E-state index in [2.05, 4.69) is 5.32 Å². The molecule has 0 aliphatic heterocycles. The van der Waals surface area contributed by atoms with Gasteiger partial charge in [0.15, 0.2) is 0 Å². The molecule has 4 nitrogen and oxygen atoms in total. The molecule has 2 heterocycles. The molecule has 0 fully saturated rings. The molecular formula is C19H13NO3S2. The first-order chi connectivity index (χ1) is 12.2. The zero-order valence-corrected chi connectivity index (χ0v) is 14.7. The largest absolute Gasteiger partial charge is 0.422 e. The summed E-state index contributed by atoms with van der Waals surface area (Å²) < 4.78 is 5.38. The number of anilines is 1.